The smallest absolute Gasteiger partial charge is 0.238 e. The Balaban J connectivity index is 2.55. The Bertz CT molecular complexity index is 438. The minimum Gasteiger partial charge on any atom is -0.399 e. The van der Waals surface area contributed by atoms with Gasteiger partial charge in [-0.25, -0.2) is 0 Å². The van der Waals surface area contributed by atoms with Gasteiger partial charge >= 0.3 is 0 Å². The number of nitrogens with one attached hydrogen (secondary N) is 1. The van der Waals surface area contributed by atoms with E-state index < -0.39 is 0 Å². The maximum Gasteiger partial charge on any atom is 0.238 e. The van der Waals surface area contributed by atoms with E-state index in [0.717, 1.165) is 55.7 Å². The van der Waals surface area contributed by atoms with Gasteiger partial charge in [0.25, 0.3) is 0 Å². The number of nitrogens with two attached hydrogens (primary N) is 1. The third-order valence-electron chi connectivity index (χ3n) is 3.55. The zero-order chi connectivity index (χ0) is 15.7. The molecule has 1 amide bonds. The van der Waals surface area contributed by atoms with Crippen molar-refractivity contribution in [3.63, 3.8) is 0 Å². The van der Waals surface area contributed by atoms with Crippen molar-refractivity contribution in [2.24, 2.45) is 0 Å². The summed E-state index contributed by atoms with van der Waals surface area (Å²) in [5.74, 6) is 0.0510. The van der Waals surface area contributed by atoms with Crippen LogP contribution in [0.5, 0.6) is 0 Å². The molecule has 1 aromatic carbocycles. The Morgan fingerprint density at radius 2 is 1.81 bits per heavy atom. The van der Waals surface area contributed by atoms with Gasteiger partial charge in [-0.1, -0.05) is 26.7 Å². The van der Waals surface area contributed by atoms with Gasteiger partial charge < -0.3 is 11.1 Å². The second-order valence-corrected chi connectivity index (χ2v) is 5.61. The third-order valence-corrected chi connectivity index (χ3v) is 3.55. The van der Waals surface area contributed by atoms with E-state index in [1.807, 2.05) is 25.1 Å². The van der Waals surface area contributed by atoms with Gasteiger partial charge in [-0.15, -0.1) is 0 Å². The number of benzene rings is 1. The minimum absolute atomic E-state index is 0.0510. The second-order valence-electron chi connectivity index (χ2n) is 5.61. The lowest BCUT2D eigenvalue weighted by atomic mass is 10.2. The molecule has 0 saturated heterocycles. The van der Waals surface area contributed by atoms with Crippen LogP contribution in [-0.2, 0) is 4.79 Å². The summed E-state index contributed by atoms with van der Waals surface area (Å²) in [7, 11) is 0. The van der Waals surface area contributed by atoms with Gasteiger partial charge in [-0.05, 0) is 56.6 Å². The van der Waals surface area contributed by atoms with Crippen molar-refractivity contribution in [1.82, 2.24) is 4.90 Å². The summed E-state index contributed by atoms with van der Waals surface area (Å²) in [6.45, 7) is 8.75. The van der Waals surface area contributed by atoms with Crippen LogP contribution >= 0.6 is 0 Å². The number of amides is 1. The highest BCUT2D eigenvalue weighted by atomic mass is 16.2. The molecule has 1 rings (SSSR count). The summed E-state index contributed by atoms with van der Waals surface area (Å²) in [5.41, 5.74) is 8.29. The molecule has 0 aliphatic heterocycles. The van der Waals surface area contributed by atoms with Crippen molar-refractivity contribution in [3.8, 4) is 0 Å². The number of nitrogens with zero attached hydrogens (tertiary/aromatic N) is 1. The van der Waals surface area contributed by atoms with Crippen molar-refractivity contribution < 1.29 is 4.79 Å². The maximum absolute atomic E-state index is 12.2. The second kappa shape index (κ2) is 9.40. The standard InChI is InChI=1S/C17H29N3O/c1-4-6-10-20(11-7-5-2)13-17(21)19-16-9-8-15(18)12-14(16)3/h8-9,12H,4-7,10-11,13,18H2,1-3H3,(H,19,21). The molecule has 0 aliphatic carbocycles. The number of rotatable bonds is 9. The van der Waals surface area contributed by atoms with E-state index in [2.05, 4.69) is 24.1 Å². The molecule has 0 atom stereocenters. The fraction of sp³-hybridized carbons (Fsp3) is 0.588. The number of nitrogen functional groups attached to an aromatic ring is 1. The lowest BCUT2D eigenvalue weighted by Gasteiger charge is -2.21. The van der Waals surface area contributed by atoms with Gasteiger partial charge in [0.05, 0.1) is 6.54 Å². The normalized spacial score (nSPS) is 10.9. The third kappa shape index (κ3) is 6.63. The number of anilines is 2. The number of carbonyl (C=O) groups is 1. The van der Waals surface area contributed by atoms with Crippen LogP contribution in [0.4, 0.5) is 11.4 Å². The molecule has 0 bridgehead atoms. The van der Waals surface area contributed by atoms with Crippen LogP contribution in [0.25, 0.3) is 0 Å². The monoisotopic (exact) mass is 291 g/mol. The van der Waals surface area contributed by atoms with Gasteiger partial charge in [0, 0.05) is 11.4 Å². The van der Waals surface area contributed by atoms with Gasteiger partial charge in [0.2, 0.25) is 5.91 Å². The first-order valence-corrected chi connectivity index (χ1v) is 7.95. The molecule has 0 heterocycles. The van der Waals surface area contributed by atoms with Gasteiger partial charge in [0.1, 0.15) is 0 Å². The molecule has 4 heteroatoms. The molecule has 0 aromatic heterocycles. The first-order valence-electron chi connectivity index (χ1n) is 7.95. The molecule has 0 aliphatic rings. The van der Waals surface area contributed by atoms with E-state index in [1.165, 1.54) is 0 Å². The number of aryl methyl sites for hydroxylation is 1. The van der Waals surface area contributed by atoms with E-state index in [0.29, 0.717) is 6.54 Å². The summed E-state index contributed by atoms with van der Waals surface area (Å²) in [6.07, 6.45) is 4.58. The molecule has 3 N–H and O–H groups in total. The lowest BCUT2D eigenvalue weighted by Crippen LogP contribution is -2.34. The van der Waals surface area contributed by atoms with E-state index in [4.69, 9.17) is 5.73 Å². The van der Waals surface area contributed by atoms with Crippen LogP contribution in [0.15, 0.2) is 18.2 Å². The summed E-state index contributed by atoms with van der Waals surface area (Å²) < 4.78 is 0. The Hall–Kier alpha value is -1.55. The molecular weight excluding hydrogens is 262 g/mol. The molecule has 0 spiro atoms. The van der Waals surface area contributed by atoms with Gasteiger partial charge in [-0.2, -0.15) is 0 Å². The fourth-order valence-electron chi connectivity index (χ4n) is 2.25. The van der Waals surface area contributed by atoms with Crippen LogP contribution in [0.3, 0.4) is 0 Å². The zero-order valence-corrected chi connectivity index (χ0v) is 13.6. The maximum atomic E-state index is 12.2. The highest BCUT2D eigenvalue weighted by Crippen LogP contribution is 2.17. The molecule has 0 saturated carbocycles. The highest BCUT2D eigenvalue weighted by Gasteiger charge is 2.11. The Kier molecular flexibility index (Phi) is 7.83. The fourth-order valence-corrected chi connectivity index (χ4v) is 2.25. The van der Waals surface area contributed by atoms with Crippen LogP contribution in [0.1, 0.15) is 45.1 Å². The predicted octanol–water partition coefficient (Wildman–Crippen LogP) is 3.42. The zero-order valence-electron chi connectivity index (χ0n) is 13.6. The average Bonchev–Trinajstić information content (AvgIpc) is 2.45. The Morgan fingerprint density at radius 1 is 1.19 bits per heavy atom. The quantitative estimate of drug-likeness (QED) is 0.685. The number of carbonyl (C=O) groups excluding carboxylic acids is 1. The predicted molar refractivity (Wildman–Crippen MR) is 90.5 cm³/mol. The van der Waals surface area contributed by atoms with Crippen molar-refractivity contribution in [2.75, 3.05) is 30.7 Å². The Morgan fingerprint density at radius 3 is 2.33 bits per heavy atom. The largest absolute Gasteiger partial charge is 0.399 e. The molecule has 118 valence electrons. The molecule has 4 nitrogen and oxygen atoms in total. The molecule has 0 fully saturated rings. The first-order chi connectivity index (χ1) is 10.1. The summed E-state index contributed by atoms with van der Waals surface area (Å²) in [5, 5.41) is 2.98. The summed E-state index contributed by atoms with van der Waals surface area (Å²) >= 11 is 0. The molecule has 0 radical (unpaired) electrons. The minimum atomic E-state index is 0.0510. The molecule has 1 aromatic rings. The average molecular weight is 291 g/mol. The van der Waals surface area contributed by atoms with Gasteiger partial charge in [0.15, 0.2) is 0 Å². The number of hydrogen-bond acceptors (Lipinski definition) is 3. The summed E-state index contributed by atoms with van der Waals surface area (Å²) in [4.78, 5) is 14.4. The van der Waals surface area contributed by atoms with Crippen LogP contribution in [-0.4, -0.2) is 30.4 Å². The molecule has 0 unspecified atom stereocenters. The van der Waals surface area contributed by atoms with Crippen molar-refractivity contribution in [3.05, 3.63) is 23.8 Å². The van der Waals surface area contributed by atoms with Crippen LogP contribution in [0.2, 0.25) is 0 Å². The van der Waals surface area contributed by atoms with Crippen LogP contribution < -0.4 is 11.1 Å². The van der Waals surface area contributed by atoms with Crippen LogP contribution in [0, 0.1) is 6.92 Å². The van der Waals surface area contributed by atoms with E-state index in [9.17, 15) is 4.79 Å². The molecule has 21 heavy (non-hydrogen) atoms. The highest BCUT2D eigenvalue weighted by molar-refractivity contribution is 5.93. The van der Waals surface area contributed by atoms with Gasteiger partial charge in [-0.3, -0.25) is 9.69 Å². The lowest BCUT2D eigenvalue weighted by molar-refractivity contribution is -0.117. The van der Waals surface area contributed by atoms with Crippen molar-refractivity contribution in [1.29, 1.82) is 0 Å². The van der Waals surface area contributed by atoms with Crippen molar-refractivity contribution in [2.45, 2.75) is 46.5 Å². The van der Waals surface area contributed by atoms with E-state index in [-0.39, 0.29) is 5.91 Å². The van der Waals surface area contributed by atoms with Crippen molar-refractivity contribution >= 4 is 17.3 Å². The van der Waals surface area contributed by atoms with E-state index >= 15 is 0 Å². The first kappa shape index (κ1) is 17.5. The molecular formula is C17H29N3O. The number of unbranched alkanes of at least 4 members (excludes halogenated alkanes) is 2. The topological polar surface area (TPSA) is 58.4 Å². The van der Waals surface area contributed by atoms with E-state index in [1.54, 1.807) is 0 Å². The Labute approximate surface area is 128 Å². The SMILES string of the molecule is CCCCN(CCCC)CC(=O)Nc1ccc(N)cc1C. The number of hydrogen-bond donors (Lipinski definition) is 2. The summed E-state index contributed by atoms with van der Waals surface area (Å²) in [6, 6.07) is 5.56.